The lowest BCUT2D eigenvalue weighted by Gasteiger charge is -2.06. The van der Waals surface area contributed by atoms with E-state index < -0.39 is 17.6 Å². The number of rotatable bonds is 4. The third kappa shape index (κ3) is 4.43. The summed E-state index contributed by atoms with van der Waals surface area (Å²) in [6.07, 6.45) is -4.45. The Hall–Kier alpha value is -2.13. The summed E-state index contributed by atoms with van der Waals surface area (Å²) >= 11 is 0. The van der Waals surface area contributed by atoms with Gasteiger partial charge in [0.1, 0.15) is 0 Å². The Morgan fingerprint density at radius 3 is 2.73 bits per heavy atom. The SMILES string of the molecule is Cl.NCC(=O)NCc1nc(-c2cccc(C(F)(F)F)c2)no1. The number of nitrogens with zero attached hydrogens (tertiary/aromatic N) is 2. The van der Waals surface area contributed by atoms with Crippen LogP contribution in [-0.2, 0) is 17.5 Å². The first-order valence-corrected chi connectivity index (χ1v) is 5.87. The predicted molar refractivity (Wildman–Crippen MR) is 72.9 cm³/mol. The van der Waals surface area contributed by atoms with Gasteiger partial charge in [0.15, 0.2) is 0 Å². The molecule has 0 aliphatic rings. The van der Waals surface area contributed by atoms with Gasteiger partial charge >= 0.3 is 6.18 Å². The van der Waals surface area contributed by atoms with Crippen molar-refractivity contribution in [1.29, 1.82) is 0 Å². The number of alkyl halides is 3. The zero-order valence-electron chi connectivity index (χ0n) is 11.1. The summed E-state index contributed by atoms with van der Waals surface area (Å²) in [4.78, 5) is 14.9. The zero-order valence-corrected chi connectivity index (χ0v) is 11.9. The number of hydrogen-bond donors (Lipinski definition) is 2. The van der Waals surface area contributed by atoms with Gasteiger partial charge in [0.05, 0.1) is 18.7 Å². The van der Waals surface area contributed by atoms with Crippen LogP contribution in [0.3, 0.4) is 0 Å². The Bertz CT molecular complexity index is 645. The standard InChI is InChI=1S/C12H11F3N4O2.ClH/c13-12(14,15)8-3-1-2-7(4-8)11-18-10(21-19-11)6-17-9(20)5-16;/h1-4H,5-6,16H2,(H,17,20);1H. The average molecular weight is 337 g/mol. The molecule has 0 aliphatic heterocycles. The molecule has 0 radical (unpaired) electrons. The van der Waals surface area contributed by atoms with Crippen LogP contribution in [0, 0.1) is 0 Å². The first kappa shape index (κ1) is 17.9. The maximum absolute atomic E-state index is 12.6. The lowest BCUT2D eigenvalue weighted by atomic mass is 10.1. The molecule has 2 aromatic rings. The van der Waals surface area contributed by atoms with E-state index >= 15 is 0 Å². The summed E-state index contributed by atoms with van der Waals surface area (Å²) in [5, 5.41) is 5.99. The minimum Gasteiger partial charge on any atom is -0.346 e. The summed E-state index contributed by atoms with van der Waals surface area (Å²) in [6, 6.07) is 4.56. The second-order valence-electron chi connectivity index (χ2n) is 4.07. The topological polar surface area (TPSA) is 94.0 Å². The highest BCUT2D eigenvalue weighted by Gasteiger charge is 2.30. The van der Waals surface area contributed by atoms with E-state index in [-0.39, 0.29) is 42.8 Å². The summed E-state index contributed by atoms with van der Waals surface area (Å²) in [5.74, 6) is -0.323. The second-order valence-corrected chi connectivity index (χ2v) is 4.07. The van der Waals surface area contributed by atoms with Crippen LogP contribution in [-0.4, -0.2) is 22.6 Å². The Labute approximate surface area is 129 Å². The molecule has 1 heterocycles. The van der Waals surface area contributed by atoms with Crippen LogP contribution in [0.25, 0.3) is 11.4 Å². The van der Waals surface area contributed by atoms with E-state index in [4.69, 9.17) is 10.3 Å². The van der Waals surface area contributed by atoms with Crippen LogP contribution in [0.5, 0.6) is 0 Å². The van der Waals surface area contributed by atoms with Crippen molar-refractivity contribution < 1.29 is 22.5 Å². The summed E-state index contributed by atoms with van der Waals surface area (Å²) in [6.45, 7) is -0.226. The molecule has 6 nitrogen and oxygen atoms in total. The molecule has 1 aromatic heterocycles. The van der Waals surface area contributed by atoms with E-state index in [2.05, 4.69) is 15.5 Å². The Morgan fingerprint density at radius 1 is 1.36 bits per heavy atom. The molecule has 0 spiro atoms. The van der Waals surface area contributed by atoms with Gasteiger partial charge in [-0.05, 0) is 12.1 Å². The van der Waals surface area contributed by atoms with E-state index in [0.717, 1.165) is 12.1 Å². The van der Waals surface area contributed by atoms with E-state index in [1.807, 2.05) is 0 Å². The maximum Gasteiger partial charge on any atom is 0.416 e. The first-order valence-electron chi connectivity index (χ1n) is 5.87. The summed E-state index contributed by atoms with van der Waals surface area (Å²) < 4.78 is 42.7. The molecule has 0 saturated heterocycles. The third-order valence-electron chi connectivity index (χ3n) is 2.54. The van der Waals surface area contributed by atoms with E-state index in [1.54, 1.807) is 0 Å². The molecule has 0 bridgehead atoms. The van der Waals surface area contributed by atoms with Gasteiger partial charge in [0, 0.05) is 5.56 Å². The molecule has 10 heteroatoms. The molecule has 3 N–H and O–H groups in total. The summed E-state index contributed by atoms with van der Waals surface area (Å²) in [5.41, 5.74) is 4.47. The van der Waals surface area contributed by atoms with Crippen LogP contribution in [0.4, 0.5) is 13.2 Å². The minimum atomic E-state index is -4.45. The molecule has 0 unspecified atom stereocenters. The highest BCUT2D eigenvalue weighted by atomic mass is 35.5. The summed E-state index contributed by atoms with van der Waals surface area (Å²) in [7, 11) is 0. The number of carbonyl (C=O) groups excluding carboxylic acids is 1. The number of amides is 1. The van der Waals surface area contributed by atoms with Gasteiger partial charge in [-0.3, -0.25) is 4.79 Å². The molecule has 1 amide bonds. The highest BCUT2D eigenvalue weighted by Crippen LogP contribution is 2.31. The average Bonchev–Trinajstić information content (AvgIpc) is 2.93. The normalized spacial score (nSPS) is 10.9. The van der Waals surface area contributed by atoms with E-state index in [9.17, 15) is 18.0 Å². The van der Waals surface area contributed by atoms with Crippen LogP contribution >= 0.6 is 12.4 Å². The molecule has 0 atom stereocenters. The molecule has 2 rings (SSSR count). The number of aromatic nitrogens is 2. The van der Waals surface area contributed by atoms with Crippen LogP contribution < -0.4 is 11.1 Å². The largest absolute Gasteiger partial charge is 0.416 e. The number of hydrogen-bond acceptors (Lipinski definition) is 5. The van der Waals surface area contributed by atoms with Crippen molar-refractivity contribution in [3.63, 3.8) is 0 Å². The maximum atomic E-state index is 12.6. The van der Waals surface area contributed by atoms with Crippen LogP contribution in [0.1, 0.15) is 11.5 Å². The Kier molecular flexibility index (Phi) is 5.89. The van der Waals surface area contributed by atoms with Crippen molar-refractivity contribution in [3.05, 3.63) is 35.7 Å². The van der Waals surface area contributed by atoms with Gasteiger partial charge in [-0.1, -0.05) is 17.3 Å². The molecular weight excluding hydrogens is 325 g/mol. The number of nitrogens with one attached hydrogen (secondary N) is 1. The Balaban J connectivity index is 0.00000242. The molecule has 22 heavy (non-hydrogen) atoms. The van der Waals surface area contributed by atoms with Crippen molar-refractivity contribution in [3.8, 4) is 11.4 Å². The molecule has 0 fully saturated rings. The van der Waals surface area contributed by atoms with Gasteiger partial charge in [0.2, 0.25) is 17.6 Å². The number of halogens is 4. The van der Waals surface area contributed by atoms with Crippen molar-refractivity contribution in [2.45, 2.75) is 12.7 Å². The number of nitrogens with two attached hydrogens (primary N) is 1. The lowest BCUT2D eigenvalue weighted by Crippen LogP contribution is -2.29. The number of carbonyl (C=O) groups is 1. The molecule has 120 valence electrons. The van der Waals surface area contributed by atoms with Gasteiger partial charge in [-0.25, -0.2) is 0 Å². The van der Waals surface area contributed by atoms with Crippen molar-refractivity contribution in [2.24, 2.45) is 5.73 Å². The van der Waals surface area contributed by atoms with Gasteiger partial charge < -0.3 is 15.6 Å². The van der Waals surface area contributed by atoms with Crippen LogP contribution in [0.15, 0.2) is 28.8 Å². The van der Waals surface area contributed by atoms with Crippen LogP contribution in [0.2, 0.25) is 0 Å². The van der Waals surface area contributed by atoms with Gasteiger partial charge in [0.25, 0.3) is 0 Å². The monoisotopic (exact) mass is 336 g/mol. The molecule has 1 aromatic carbocycles. The fourth-order valence-corrected chi connectivity index (χ4v) is 1.52. The number of benzene rings is 1. The van der Waals surface area contributed by atoms with Gasteiger partial charge in [-0.15, -0.1) is 12.4 Å². The fourth-order valence-electron chi connectivity index (χ4n) is 1.52. The van der Waals surface area contributed by atoms with Gasteiger partial charge in [-0.2, -0.15) is 18.2 Å². The van der Waals surface area contributed by atoms with Crippen molar-refractivity contribution in [2.75, 3.05) is 6.54 Å². The lowest BCUT2D eigenvalue weighted by molar-refractivity contribution is -0.137. The molecular formula is C12H12ClF3N4O2. The zero-order chi connectivity index (χ0) is 15.5. The second kappa shape index (κ2) is 7.23. The predicted octanol–water partition coefficient (Wildman–Crippen LogP) is 1.75. The molecule has 0 aliphatic carbocycles. The smallest absolute Gasteiger partial charge is 0.346 e. The highest BCUT2D eigenvalue weighted by molar-refractivity contribution is 5.85. The van der Waals surface area contributed by atoms with Crippen molar-refractivity contribution >= 4 is 18.3 Å². The van der Waals surface area contributed by atoms with E-state index in [0.29, 0.717) is 0 Å². The minimum absolute atomic E-state index is 0. The first-order chi connectivity index (χ1) is 9.90. The quantitative estimate of drug-likeness (QED) is 0.887. The van der Waals surface area contributed by atoms with Crippen molar-refractivity contribution in [1.82, 2.24) is 15.5 Å². The molecule has 0 saturated carbocycles. The Morgan fingerprint density at radius 2 is 2.09 bits per heavy atom. The fraction of sp³-hybridized carbons (Fsp3) is 0.250. The van der Waals surface area contributed by atoms with E-state index in [1.165, 1.54) is 12.1 Å². The third-order valence-corrected chi connectivity index (χ3v) is 2.54.